The number of fused-ring (bicyclic) bond motifs is 5. The Balaban J connectivity index is 1.31. The van der Waals surface area contributed by atoms with E-state index >= 15 is 0 Å². The molecule has 6 atom stereocenters. The summed E-state index contributed by atoms with van der Waals surface area (Å²) >= 11 is 8.28. The van der Waals surface area contributed by atoms with Gasteiger partial charge in [-0.1, -0.05) is 53.6 Å². The molecule has 0 aromatic heterocycles. The summed E-state index contributed by atoms with van der Waals surface area (Å²) in [6.45, 7) is 1.79. The highest BCUT2D eigenvalue weighted by Crippen LogP contribution is 2.64. The van der Waals surface area contributed by atoms with Crippen LogP contribution >= 0.6 is 34.2 Å². The van der Waals surface area contributed by atoms with E-state index in [2.05, 4.69) is 22.6 Å². The van der Waals surface area contributed by atoms with E-state index in [4.69, 9.17) is 11.6 Å². The maximum Gasteiger partial charge on any atom is 0.241 e. The van der Waals surface area contributed by atoms with Crippen molar-refractivity contribution in [1.82, 2.24) is 0 Å². The first-order valence-electron chi connectivity index (χ1n) is 15.4. The molecule has 2 saturated heterocycles. The average molecular weight is 761 g/mol. The number of amides is 4. The predicted octanol–water partition coefficient (Wildman–Crippen LogP) is 7.38. The van der Waals surface area contributed by atoms with Crippen molar-refractivity contribution in [1.29, 1.82) is 0 Å². The molecule has 0 spiro atoms. The summed E-state index contributed by atoms with van der Waals surface area (Å²) in [5.41, 5.74) is 0.958. The number of nitrogens with zero attached hydrogens (tertiary/aromatic N) is 2. The maximum absolute atomic E-state index is 14.7. The lowest BCUT2D eigenvalue weighted by atomic mass is 9.51. The van der Waals surface area contributed by atoms with Crippen molar-refractivity contribution in [3.63, 3.8) is 0 Å². The lowest BCUT2D eigenvalue weighted by molar-refractivity contribution is -0.131. The number of benzene rings is 4. The van der Waals surface area contributed by atoms with Crippen LogP contribution in [0.2, 0.25) is 5.02 Å². The fourth-order valence-corrected chi connectivity index (χ4v) is 9.17. The first-order chi connectivity index (χ1) is 22.5. The van der Waals surface area contributed by atoms with Crippen LogP contribution in [-0.2, 0) is 19.2 Å². The Morgan fingerprint density at radius 3 is 2.28 bits per heavy atom. The molecular weight excluding hydrogens is 734 g/mol. The first-order valence-corrected chi connectivity index (χ1v) is 16.9. The highest BCUT2D eigenvalue weighted by atomic mass is 127. The molecule has 236 valence electrons. The number of phenolic OH excluding ortho intramolecular Hbond substituents is 1. The van der Waals surface area contributed by atoms with Crippen LogP contribution in [0.15, 0.2) is 90.5 Å². The SMILES string of the molecule is CC12C(=O)N(c3ccc(F)c(Cl)c3)C(=O)C1CC1C(=CCC3C(=O)N(c4ccc(I)cc4)C(=O)C31)C2c1ccc(O)c2ccccc12. The van der Waals surface area contributed by atoms with Crippen molar-refractivity contribution in [2.75, 3.05) is 9.80 Å². The summed E-state index contributed by atoms with van der Waals surface area (Å²) < 4.78 is 15.1. The van der Waals surface area contributed by atoms with Gasteiger partial charge in [-0.15, -0.1) is 0 Å². The quantitative estimate of drug-likeness (QED) is 0.134. The Kier molecular flexibility index (Phi) is 6.90. The van der Waals surface area contributed by atoms with Crippen molar-refractivity contribution in [2.45, 2.75) is 25.7 Å². The Hall–Kier alpha value is -4.09. The molecule has 4 aromatic rings. The molecule has 7 nitrogen and oxygen atoms in total. The van der Waals surface area contributed by atoms with E-state index in [-0.39, 0.29) is 34.7 Å². The molecule has 1 N–H and O–H groups in total. The number of rotatable bonds is 3. The van der Waals surface area contributed by atoms with Crippen molar-refractivity contribution >= 4 is 80.0 Å². The highest BCUT2D eigenvalue weighted by Gasteiger charge is 2.67. The molecule has 0 bridgehead atoms. The zero-order chi connectivity index (χ0) is 32.9. The van der Waals surface area contributed by atoms with E-state index in [9.17, 15) is 28.7 Å². The summed E-state index contributed by atoms with van der Waals surface area (Å²) in [6, 6.07) is 21.7. The van der Waals surface area contributed by atoms with E-state index in [1.807, 2.05) is 36.4 Å². The van der Waals surface area contributed by atoms with Gasteiger partial charge in [0, 0.05) is 14.9 Å². The molecule has 4 aliphatic rings. The van der Waals surface area contributed by atoms with E-state index < -0.39 is 52.6 Å². The van der Waals surface area contributed by atoms with Crippen LogP contribution in [0, 0.1) is 38.5 Å². The largest absolute Gasteiger partial charge is 0.507 e. The molecular formula is C37H27ClFIN2O5. The Labute approximate surface area is 288 Å². The molecule has 10 heteroatoms. The topological polar surface area (TPSA) is 95.0 Å². The zero-order valence-electron chi connectivity index (χ0n) is 25.0. The number of phenols is 1. The van der Waals surface area contributed by atoms with E-state index in [0.717, 1.165) is 31.1 Å². The number of halogens is 3. The van der Waals surface area contributed by atoms with Gasteiger partial charge in [0.1, 0.15) is 11.6 Å². The Morgan fingerprint density at radius 2 is 1.55 bits per heavy atom. The van der Waals surface area contributed by atoms with Crippen LogP contribution in [0.4, 0.5) is 15.8 Å². The molecule has 8 rings (SSSR count). The normalized spacial score (nSPS) is 28.4. The summed E-state index contributed by atoms with van der Waals surface area (Å²) in [6.07, 6.45) is 2.50. The van der Waals surface area contributed by atoms with E-state index in [0.29, 0.717) is 17.5 Å². The number of hydrogen-bond acceptors (Lipinski definition) is 5. The van der Waals surface area contributed by atoms with Gasteiger partial charge in [0.15, 0.2) is 0 Å². The Bertz CT molecular complexity index is 2100. The number of anilines is 2. The Morgan fingerprint density at radius 1 is 0.851 bits per heavy atom. The molecule has 6 unspecified atom stereocenters. The fraction of sp³-hybridized carbons (Fsp3) is 0.243. The third kappa shape index (κ3) is 4.21. The number of imide groups is 2. The van der Waals surface area contributed by atoms with Crippen LogP contribution in [0.3, 0.4) is 0 Å². The summed E-state index contributed by atoms with van der Waals surface area (Å²) in [5, 5.41) is 11.9. The van der Waals surface area contributed by atoms with Crippen LogP contribution < -0.4 is 9.80 Å². The smallest absolute Gasteiger partial charge is 0.241 e. The minimum atomic E-state index is -1.30. The second kappa shape index (κ2) is 10.7. The van der Waals surface area contributed by atoms with Gasteiger partial charge >= 0.3 is 0 Å². The number of carbonyl (C=O) groups is 4. The lowest BCUT2D eigenvalue weighted by Gasteiger charge is -2.49. The van der Waals surface area contributed by atoms with Gasteiger partial charge in [-0.25, -0.2) is 9.29 Å². The highest BCUT2D eigenvalue weighted by molar-refractivity contribution is 14.1. The number of hydrogen-bond donors (Lipinski definition) is 1. The zero-order valence-corrected chi connectivity index (χ0v) is 27.9. The number of allylic oxidation sites excluding steroid dienone is 2. The second-order valence-corrected chi connectivity index (χ2v) is 14.6. The van der Waals surface area contributed by atoms with E-state index in [1.54, 1.807) is 37.3 Å². The predicted molar refractivity (Wildman–Crippen MR) is 183 cm³/mol. The maximum atomic E-state index is 14.7. The van der Waals surface area contributed by atoms with Crippen LogP contribution in [0.5, 0.6) is 5.75 Å². The molecule has 4 aromatic carbocycles. The minimum absolute atomic E-state index is 0.0808. The molecule has 2 aliphatic heterocycles. The minimum Gasteiger partial charge on any atom is -0.507 e. The summed E-state index contributed by atoms with van der Waals surface area (Å²) in [7, 11) is 0. The first kappa shape index (κ1) is 30.3. The van der Waals surface area contributed by atoms with Gasteiger partial charge in [-0.05, 0) is 108 Å². The van der Waals surface area contributed by atoms with Crippen molar-refractivity contribution in [3.8, 4) is 5.75 Å². The van der Waals surface area contributed by atoms with Gasteiger partial charge in [-0.3, -0.25) is 24.1 Å². The van der Waals surface area contributed by atoms with E-state index in [1.165, 1.54) is 17.0 Å². The molecule has 0 radical (unpaired) electrons. The fourth-order valence-electron chi connectivity index (χ4n) is 8.63. The third-order valence-electron chi connectivity index (χ3n) is 10.8. The van der Waals surface area contributed by atoms with Crippen molar-refractivity contribution < 1.29 is 28.7 Å². The monoisotopic (exact) mass is 760 g/mol. The molecule has 1 saturated carbocycles. The molecule has 2 aliphatic carbocycles. The van der Waals surface area contributed by atoms with Crippen molar-refractivity contribution in [2.24, 2.45) is 29.1 Å². The van der Waals surface area contributed by atoms with Crippen LogP contribution in [0.1, 0.15) is 31.2 Å². The lowest BCUT2D eigenvalue weighted by Crippen LogP contribution is -2.49. The number of carbonyl (C=O) groups excluding carboxylic acids is 4. The second-order valence-electron chi connectivity index (χ2n) is 13.0. The standard InChI is InChI=1S/C37H27ClFIN2O5/c1-37-27(34(45)42(36(37)47)20-10-14-29(39)28(38)16-20)17-26-24(32(37)23-13-15-30(43)22-5-3-2-4-21(22)23)11-12-25-31(26)35(46)41(33(25)44)19-8-6-18(40)7-9-19/h2-11,13-16,25-27,31-32,43H,12,17H2,1H3. The summed E-state index contributed by atoms with van der Waals surface area (Å²) in [4.78, 5) is 59.6. The van der Waals surface area contributed by atoms with Gasteiger partial charge in [-0.2, -0.15) is 0 Å². The summed E-state index contributed by atoms with van der Waals surface area (Å²) in [5.74, 6) is -5.41. The van der Waals surface area contributed by atoms with Crippen molar-refractivity contribution in [3.05, 3.63) is 110 Å². The van der Waals surface area contributed by atoms with Gasteiger partial charge in [0.25, 0.3) is 0 Å². The molecule has 3 fully saturated rings. The van der Waals surface area contributed by atoms with Gasteiger partial charge in [0.2, 0.25) is 23.6 Å². The molecule has 4 amide bonds. The molecule has 47 heavy (non-hydrogen) atoms. The van der Waals surface area contributed by atoms with Gasteiger partial charge in [0.05, 0.1) is 39.6 Å². The number of aromatic hydroxyl groups is 1. The van der Waals surface area contributed by atoms with Crippen LogP contribution in [-0.4, -0.2) is 28.7 Å². The molecule has 2 heterocycles. The van der Waals surface area contributed by atoms with Crippen LogP contribution in [0.25, 0.3) is 10.8 Å². The third-order valence-corrected chi connectivity index (χ3v) is 11.8. The van der Waals surface area contributed by atoms with Gasteiger partial charge < -0.3 is 5.11 Å². The average Bonchev–Trinajstić information content (AvgIpc) is 3.43.